The van der Waals surface area contributed by atoms with Gasteiger partial charge in [-0.2, -0.15) is 0 Å². The van der Waals surface area contributed by atoms with Crippen LogP contribution in [0.25, 0.3) is 0 Å². The fourth-order valence-electron chi connectivity index (χ4n) is 4.96. The van der Waals surface area contributed by atoms with Crippen LogP contribution in [0.15, 0.2) is 42.5 Å². The van der Waals surface area contributed by atoms with Crippen molar-refractivity contribution in [1.82, 2.24) is 0 Å². The summed E-state index contributed by atoms with van der Waals surface area (Å²) in [4.78, 5) is 0. The lowest BCUT2D eigenvalue weighted by atomic mass is 9.94. The van der Waals surface area contributed by atoms with E-state index in [4.69, 9.17) is 25.8 Å². The smallest absolute Gasteiger partial charge is 0.132 e. The first-order valence-corrected chi connectivity index (χ1v) is 11.9. The molecule has 0 aromatic heterocycles. The van der Waals surface area contributed by atoms with Gasteiger partial charge in [-0.1, -0.05) is 35.9 Å². The first-order chi connectivity index (χ1) is 15.5. The van der Waals surface area contributed by atoms with Gasteiger partial charge in [0.1, 0.15) is 11.4 Å². The molecule has 4 rings (SSSR count). The van der Waals surface area contributed by atoms with Gasteiger partial charge in [0, 0.05) is 25.0 Å². The van der Waals surface area contributed by atoms with Crippen LogP contribution >= 0.6 is 11.6 Å². The van der Waals surface area contributed by atoms with Crippen LogP contribution in [0, 0.1) is 0 Å². The number of hydrogen-bond donors (Lipinski definition) is 2. The zero-order chi connectivity index (χ0) is 22.6. The zero-order valence-electron chi connectivity index (χ0n) is 18.6. The molecule has 174 valence electrons. The van der Waals surface area contributed by atoms with Crippen molar-refractivity contribution in [2.75, 3.05) is 20.3 Å². The number of benzene rings is 2. The van der Waals surface area contributed by atoms with Crippen molar-refractivity contribution >= 4 is 11.6 Å². The van der Waals surface area contributed by atoms with Gasteiger partial charge in [-0.3, -0.25) is 0 Å². The fraction of sp³-hybridized carbons (Fsp3) is 0.538. The molecule has 1 aliphatic heterocycles. The third-order valence-corrected chi connectivity index (χ3v) is 6.97. The summed E-state index contributed by atoms with van der Waals surface area (Å²) in [6.45, 7) is 0.528. The van der Waals surface area contributed by atoms with Gasteiger partial charge >= 0.3 is 0 Å². The van der Waals surface area contributed by atoms with E-state index in [0.29, 0.717) is 30.9 Å². The minimum atomic E-state index is -0.473. The molecule has 2 N–H and O–H groups in total. The fourth-order valence-corrected chi connectivity index (χ4v) is 5.14. The molecule has 1 saturated carbocycles. The molecule has 2 aromatic carbocycles. The largest absolute Gasteiger partial charge is 0.485 e. The van der Waals surface area contributed by atoms with E-state index in [-0.39, 0.29) is 24.4 Å². The second-order valence-corrected chi connectivity index (χ2v) is 9.56. The van der Waals surface area contributed by atoms with Gasteiger partial charge < -0.3 is 24.4 Å². The van der Waals surface area contributed by atoms with Crippen molar-refractivity contribution < 1.29 is 24.4 Å². The van der Waals surface area contributed by atoms with Gasteiger partial charge in [-0.15, -0.1) is 0 Å². The molecule has 0 spiro atoms. The van der Waals surface area contributed by atoms with Crippen LogP contribution in [0.5, 0.6) is 5.75 Å². The maximum atomic E-state index is 10.1. The van der Waals surface area contributed by atoms with Crippen molar-refractivity contribution in [3.8, 4) is 5.75 Å². The molecule has 2 aromatic rings. The monoisotopic (exact) mass is 460 g/mol. The molecule has 0 unspecified atom stereocenters. The van der Waals surface area contributed by atoms with Gasteiger partial charge in [0.15, 0.2) is 0 Å². The molecule has 2 aliphatic rings. The Morgan fingerprint density at radius 1 is 1.09 bits per heavy atom. The minimum absolute atomic E-state index is 0.0892. The number of rotatable bonds is 8. The maximum absolute atomic E-state index is 10.1. The van der Waals surface area contributed by atoms with Crippen LogP contribution in [-0.2, 0) is 15.9 Å². The van der Waals surface area contributed by atoms with Crippen LogP contribution in [0.2, 0.25) is 5.02 Å². The molecule has 0 radical (unpaired) electrons. The summed E-state index contributed by atoms with van der Waals surface area (Å²) in [5, 5.41) is 20.3. The summed E-state index contributed by atoms with van der Waals surface area (Å²) in [5.41, 5.74) is 2.92. The minimum Gasteiger partial charge on any atom is -0.485 e. The van der Waals surface area contributed by atoms with E-state index in [2.05, 4.69) is 18.2 Å². The van der Waals surface area contributed by atoms with Crippen molar-refractivity contribution in [2.45, 2.75) is 68.9 Å². The normalized spacial score (nSPS) is 25.1. The van der Waals surface area contributed by atoms with Gasteiger partial charge in [-0.25, -0.2) is 0 Å². The molecule has 6 heteroatoms. The van der Waals surface area contributed by atoms with Gasteiger partial charge in [-0.05, 0) is 67.0 Å². The molecule has 2 fully saturated rings. The summed E-state index contributed by atoms with van der Waals surface area (Å²) in [5.74, 6) is 0.868. The molecule has 32 heavy (non-hydrogen) atoms. The summed E-state index contributed by atoms with van der Waals surface area (Å²) in [6, 6.07) is 14.1. The van der Waals surface area contributed by atoms with Crippen LogP contribution in [0.1, 0.15) is 61.3 Å². The molecule has 1 heterocycles. The summed E-state index contributed by atoms with van der Waals surface area (Å²) < 4.78 is 17.7. The Kier molecular flexibility index (Phi) is 7.74. The Morgan fingerprint density at radius 2 is 1.84 bits per heavy atom. The molecule has 0 bridgehead atoms. The highest BCUT2D eigenvalue weighted by Gasteiger charge is 2.36. The number of halogens is 1. The number of ether oxygens (including phenoxy) is 3. The second-order valence-electron chi connectivity index (χ2n) is 9.15. The molecule has 0 amide bonds. The zero-order valence-corrected chi connectivity index (χ0v) is 19.4. The van der Waals surface area contributed by atoms with E-state index in [1.807, 2.05) is 24.3 Å². The molecule has 1 aliphatic carbocycles. The SMILES string of the molecule is COCC1(Oc2ccc(Cc3cc([C@H]4C[C@@H](O)C[C@@H](CO)O4)ccc3Cl)cc2)CCCC1. The Hall–Kier alpha value is -1.63. The molecule has 1 saturated heterocycles. The highest BCUT2D eigenvalue weighted by atomic mass is 35.5. The van der Waals surface area contributed by atoms with Crippen molar-refractivity contribution in [2.24, 2.45) is 0 Å². The van der Waals surface area contributed by atoms with Gasteiger partial charge in [0.25, 0.3) is 0 Å². The van der Waals surface area contributed by atoms with E-state index in [1.54, 1.807) is 7.11 Å². The Morgan fingerprint density at radius 3 is 2.53 bits per heavy atom. The topological polar surface area (TPSA) is 68.2 Å². The van der Waals surface area contributed by atoms with Crippen LogP contribution in [0.3, 0.4) is 0 Å². The Bertz CT molecular complexity index is 878. The van der Waals surface area contributed by atoms with Crippen LogP contribution in [0.4, 0.5) is 0 Å². The highest BCUT2D eigenvalue weighted by Crippen LogP contribution is 2.36. The average molecular weight is 461 g/mol. The van der Waals surface area contributed by atoms with E-state index >= 15 is 0 Å². The van der Waals surface area contributed by atoms with Gasteiger partial charge in [0.05, 0.1) is 31.5 Å². The van der Waals surface area contributed by atoms with Crippen molar-refractivity contribution in [1.29, 1.82) is 0 Å². The first-order valence-electron chi connectivity index (χ1n) is 11.5. The lowest BCUT2D eigenvalue weighted by Gasteiger charge is -2.32. The molecular formula is C26H33ClO5. The van der Waals surface area contributed by atoms with Crippen LogP contribution in [-0.4, -0.2) is 48.3 Å². The maximum Gasteiger partial charge on any atom is 0.132 e. The Labute approximate surface area is 195 Å². The molecule has 5 nitrogen and oxygen atoms in total. The lowest BCUT2D eigenvalue weighted by Crippen LogP contribution is -2.37. The van der Waals surface area contributed by atoms with Crippen LogP contribution < -0.4 is 4.74 Å². The number of aliphatic hydroxyl groups excluding tert-OH is 2. The van der Waals surface area contributed by atoms with Crippen molar-refractivity contribution in [3.63, 3.8) is 0 Å². The van der Waals surface area contributed by atoms with E-state index < -0.39 is 6.10 Å². The average Bonchev–Trinajstić information content (AvgIpc) is 3.24. The number of hydrogen-bond acceptors (Lipinski definition) is 5. The first kappa shape index (κ1) is 23.5. The van der Waals surface area contributed by atoms with E-state index in [1.165, 1.54) is 12.8 Å². The molecular weight excluding hydrogens is 428 g/mol. The van der Waals surface area contributed by atoms with Gasteiger partial charge in [0.2, 0.25) is 0 Å². The summed E-state index contributed by atoms with van der Waals surface area (Å²) in [6.07, 6.45) is 5.03. The number of aliphatic hydroxyl groups is 2. The Balaban J connectivity index is 1.45. The third-order valence-electron chi connectivity index (χ3n) is 6.60. The predicted octanol–water partition coefficient (Wildman–Crippen LogP) is 4.84. The molecule has 3 atom stereocenters. The van der Waals surface area contributed by atoms with E-state index in [0.717, 1.165) is 35.3 Å². The highest BCUT2D eigenvalue weighted by molar-refractivity contribution is 6.31. The quantitative estimate of drug-likeness (QED) is 0.589. The van der Waals surface area contributed by atoms with Crippen molar-refractivity contribution in [3.05, 3.63) is 64.2 Å². The lowest BCUT2D eigenvalue weighted by molar-refractivity contribution is -0.113. The predicted molar refractivity (Wildman–Crippen MR) is 124 cm³/mol. The summed E-state index contributed by atoms with van der Waals surface area (Å²) >= 11 is 6.50. The van der Waals surface area contributed by atoms with E-state index in [9.17, 15) is 10.2 Å². The number of methoxy groups -OCH3 is 1. The second kappa shape index (κ2) is 10.5. The summed E-state index contributed by atoms with van der Waals surface area (Å²) in [7, 11) is 1.73. The standard InChI is InChI=1S/C26H33ClO5/c1-30-17-26(10-2-3-11-26)32-22-7-4-18(5-8-22)12-20-13-19(6-9-24(20)27)25-15-21(29)14-23(16-28)31-25/h4-9,13,21,23,25,28-29H,2-3,10-12,14-17H2,1H3/t21-,23-,25+/m0/s1. The third kappa shape index (κ3) is 5.64.